The topological polar surface area (TPSA) is 17.8 Å². The third-order valence-corrected chi connectivity index (χ3v) is 4.35. The summed E-state index contributed by atoms with van der Waals surface area (Å²) in [7, 11) is 0. The van der Waals surface area contributed by atoms with E-state index < -0.39 is 0 Å². The van der Waals surface area contributed by atoms with E-state index in [4.69, 9.17) is 11.6 Å². The molecule has 0 spiro atoms. The minimum Gasteiger partial charge on any atom is -0.295 e. The third-order valence-electron chi connectivity index (χ3n) is 3.62. The fourth-order valence-electron chi connectivity index (χ4n) is 2.44. The van der Waals surface area contributed by atoms with Crippen molar-refractivity contribution in [3.63, 3.8) is 0 Å². The van der Waals surface area contributed by atoms with Crippen LogP contribution in [0.2, 0.25) is 0 Å². The molecule has 0 N–H and O–H groups in total. The monoisotopic (exact) mass is 348 g/mol. The molecule has 0 aliphatic rings. The number of fused-ring (bicyclic) bond motifs is 1. The van der Waals surface area contributed by atoms with Gasteiger partial charge < -0.3 is 0 Å². The lowest BCUT2D eigenvalue weighted by atomic mass is 10.1. The molecule has 1 aromatic heterocycles. The van der Waals surface area contributed by atoms with Gasteiger partial charge in [-0.25, -0.2) is 4.98 Å². The van der Waals surface area contributed by atoms with Crippen LogP contribution in [0.25, 0.3) is 16.7 Å². The smallest absolute Gasteiger partial charge is 0.129 e. The predicted molar refractivity (Wildman–Crippen MR) is 87.8 cm³/mol. The molecule has 0 radical (unpaired) electrons. The highest BCUT2D eigenvalue weighted by molar-refractivity contribution is 9.10. The van der Waals surface area contributed by atoms with Gasteiger partial charge in [-0.15, -0.1) is 11.6 Å². The van der Waals surface area contributed by atoms with Crippen molar-refractivity contribution in [2.24, 2.45) is 0 Å². The molecule has 1 heterocycles. The number of hydrogen-bond acceptors (Lipinski definition) is 1. The van der Waals surface area contributed by atoms with Gasteiger partial charge in [0.25, 0.3) is 0 Å². The van der Waals surface area contributed by atoms with Gasteiger partial charge in [0, 0.05) is 4.47 Å². The molecule has 4 heteroatoms. The number of aromatic nitrogens is 2. The summed E-state index contributed by atoms with van der Waals surface area (Å²) in [6.07, 6.45) is 0. The Morgan fingerprint density at radius 1 is 1.20 bits per heavy atom. The highest BCUT2D eigenvalue weighted by Gasteiger charge is 2.14. The Morgan fingerprint density at radius 2 is 2.00 bits per heavy atom. The summed E-state index contributed by atoms with van der Waals surface area (Å²) in [6, 6.07) is 12.4. The van der Waals surface area contributed by atoms with Gasteiger partial charge in [0.05, 0.1) is 22.6 Å². The first-order chi connectivity index (χ1) is 9.61. The Bertz CT molecular complexity index is 793. The predicted octanol–water partition coefficient (Wildman–Crippen LogP) is 5.14. The Balaban J connectivity index is 2.37. The average Bonchev–Trinajstić information content (AvgIpc) is 2.79. The second-order valence-corrected chi connectivity index (χ2v) is 6.03. The summed E-state index contributed by atoms with van der Waals surface area (Å²) in [6.45, 7) is 4.25. The number of nitrogens with zero attached hydrogens (tertiary/aromatic N) is 2. The van der Waals surface area contributed by atoms with Gasteiger partial charge in [0.2, 0.25) is 0 Å². The summed E-state index contributed by atoms with van der Waals surface area (Å²) >= 11 is 9.58. The average molecular weight is 350 g/mol. The van der Waals surface area contributed by atoms with Crippen LogP contribution in [0.3, 0.4) is 0 Å². The van der Waals surface area contributed by atoms with Gasteiger partial charge in [-0.2, -0.15) is 0 Å². The number of hydrogen-bond donors (Lipinski definition) is 0. The summed E-state index contributed by atoms with van der Waals surface area (Å²) in [5.74, 6) is 1.26. The Labute approximate surface area is 131 Å². The fourth-order valence-corrected chi connectivity index (χ4v) is 2.97. The molecule has 0 saturated heterocycles. The maximum Gasteiger partial charge on any atom is 0.129 e. The van der Waals surface area contributed by atoms with Crippen molar-refractivity contribution < 1.29 is 0 Å². The molecule has 20 heavy (non-hydrogen) atoms. The first-order valence-corrected chi connectivity index (χ1v) is 7.74. The van der Waals surface area contributed by atoms with Crippen molar-refractivity contribution in [3.8, 4) is 5.69 Å². The lowest BCUT2D eigenvalue weighted by Crippen LogP contribution is -2.02. The molecule has 3 aromatic rings. The maximum absolute atomic E-state index is 6.09. The third kappa shape index (κ3) is 2.15. The molecule has 2 nitrogen and oxygen atoms in total. The summed E-state index contributed by atoms with van der Waals surface area (Å²) in [5.41, 5.74) is 5.70. The maximum atomic E-state index is 6.09. The molecule has 0 saturated carbocycles. The molecule has 0 bridgehead atoms. The van der Waals surface area contributed by atoms with Gasteiger partial charge in [-0.05, 0) is 49.2 Å². The molecule has 0 unspecified atom stereocenters. The van der Waals surface area contributed by atoms with Gasteiger partial charge >= 0.3 is 0 Å². The van der Waals surface area contributed by atoms with Crippen molar-refractivity contribution in [3.05, 3.63) is 57.8 Å². The Morgan fingerprint density at radius 3 is 2.75 bits per heavy atom. The number of rotatable bonds is 2. The lowest BCUT2D eigenvalue weighted by molar-refractivity contribution is 0.969. The van der Waals surface area contributed by atoms with Crippen LogP contribution >= 0.6 is 27.5 Å². The number of halogens is 2. The van der Waals surface area contributed by atoms with Crippen LogP contribution in [-0.4, -0.2) is 9.55 Å². The minimum absolute atomic E-state index is 0.389. The van der Waals surface area contributed by atoms with Crippen LogP contribution in [-0.2, 0) is 5.88 Å². The van der Waals surface area contributed by atoms with Crippen LogP contribution in [0.4, 0.5) is 0 Å². The largest absolute Gasteiger partial charge is 0.295 e. The van der Waals surface area contributed by atoms with E-state index in [-0.39, 0.29) is 0 Å². The molecule has 0 aliphatic carbocycles. The molecule has 102 valence electrons. The van der Waals surface area contributed by atoms with E-state index in [1.807, 2.05) is 12.1 Å². The molecule has 0 atom stereocenters. The first-order valence-electron chi connectivity index (χ1n) is 6.41. The Kier molecular flexibility index (Phi) is 3.57. The first kappa shape index (κ1) is 13.7. The summed E-state index contributed by atoms with van der Waals surface area (Å²) < 4.78 is 3.17. The van der Waals surface area contributed by atoms with E-state index in [0.29, 0.717) is 5.88 Å². The Hall–Kier alpha value is -1.32. The van der Waals surface area contributed by atoms with E-state index in [1.165, 1.54) is 11.1 Å². The molecule has 0 aliphatic heterocycles. The lowest BCUT2D eigenvalue weighted by Gasteiger charge is -2.13. The zero-order valence-corrected chi connectivity index (χ0v) is 13.7. The molecular formula is C16H14BrClN2. The van der Waals surface area contributed by atoms with Crippen LogP contribution in [0.15, 0.2) is 40.9 Å². The number of imidazole rings is 1. The van der Waals surface area contributed by atoms with Crippen molar-refractivity contribution in [2.75, 3.05) is 0 Å². The number of aryl methyl sites for hydroxylation is 1. The van der Waals surface area contributed by atoms with Gasteiger partial charge in [-0.3, -0.25) is 4.57 Å². The standard InChI is InChI=1S/C16H14BrClN2/c1-10-4-3-5-14(11(10)2)20-15-7-6-12(17)8-13(15)19-16(20)9-18/h3-8H,9H2,1-2H3. The molecule has 2 aromatic carbocycles. The molecule has 0 fully saturated rings. The van der Waals surface area contributed by atoms with E-state index >= 15 is 0 Å². The highest BCUT2D eigenvalue weighted by Crippen LogP contribution is 2.27. The number of benzene rings is 2. The molecule has 0 amide bonds. The zero-order valence-electron chi connectivity index (χ0n) is 11.3. The normalized spacial score (nSPS) is 11.2. The van der Waals surface area contributed by atoms with Crippen molar-refractivity contribution in [1.29, 1.82) is 0 Å². The van der Waals surface area contributed by atoms with Crippen LogP contribution in [0.1, 0.15) is 17.0 Å². The molecular weight excluding hydrogens is 336 g/mol. The summed E-state index contributed by atoms with van der Waals surface area (Å²) in [4.78, 5) is 4.64. The van der Waals surface area contributed by atoms with Crippen LogP contribution in [0, 0.1) is 13.8 Å². The minimum atomic E-state index is 0.389. The van der Waals surface area contributed by atoms with Gasteiger partial charge in [0.15, 0.2) is 0 Å². The van der Waals surface area contributed by atoms with E-state index in [0.717, 1.165) is 27.0 Å². The van der Waals surface area contributed by atoms with E-state index in [2.05, 4.69) is 63.6 Å². The van der Waals surface area contributed by atoms with Crippen molar-refractivity contribution in [2.45, 2.75) is 19.7 Å². The van der Waals surface area contributed by atoms with Crippen molar-refractivity contribution >= 4 is 38.6 Å². The van der Waals surface area contributed by atoms with Gasteiger partial charge in [-0.1, -0.05) is 28.1 Å². The quantitative estimate of drug-likeness (QED) is 0.585. The van der Waals surface area contributed by atoms with Crippen molar-refractivity contribution in [1.82, 2.24) is 9.55 Å². The molecule has 3 rings (SSSR count). The zero-order chi connectivity index (χ0) is 14.3. The second-order valence-electron chi connectivity index (χ2n) is 4.85. The highest BCUT2D eigenvalue weighted by atomic mass is 79.9. The van der Waals surface area contributed by atoms with Crippen LogP contribution < -0.4 is 0 Å². The fraction of sp³-hybridized carbons (Fsp3) is 0.188. The summed E-state index contributed by atoms with van der Waals surface area (Å²) in [5, 5.41) is 0. The van der Waals surface area contributed by atoms with E-state index in [9.17, 15) is 0 Å². The van der Waals surface area contributed by atoms with E-state index in [1.54, 1.807) is 0 Å². The van der Waals surface area contributed by atoms with Gasteiger partial charge in [0.1, 0.15) is 5.82 Å². The second kappa shape index (κ2) is 5.23. The number of alkyl halides is 1. The van der Waals surface area contributed by atoms with Crippen LogP contribution in [0.5, 0.6) is 0 Å². The SMILES string of the molecule is Cc1cccc(-n2c(CCl)nc3cc(Br)ccc32)c1C.